The van der Waals surface area contributed by atoms with Gasteiger partial charge >= 0.3 is 6.01 Å². The summed E-state index contributed by atoms with van der Waals surface area (Å²) in [5.41, 5.74) is 13.1. The summed E-state index contributed by atoms with van der Waals surface area (Å²) < 4.78 is 36.2. The van der Waals surface area contributed by atoms with Crippen LogP contribution in [-0.2, 0) is 0 Å². The lowest BCUT2D eigenvalue weighted by Crippen LogP contribution is -2.48. The second-order valence-electron chi connectivity index (χ2n) is 9.69. The van der Waals surface area contributed by atoms with Gasteiger partial charge in [0.25, 0.3) is 0 Å². The number of nitrogens with zero attached hydrogens (tertiary/aromatic N) is 5. The van der Waals surface area contributed by atoms with E-state index in [2.05, 4.69) is 26.9 Å². The summed E-state index contributed by atoms with van der Waals surface area (Å²) in [5.74, 6) is -0.320. The van der Waals surface area contributed by atoms with Crippen LogP contribution in [0, 0.1) is 5.82 Å². The molecule has 0 amide bonds. The molecule has 2 atom stereocenters. The fourth-order valence-corrected chi connectivity index (χ4v) is 6.08. The van der Waals surface area contributed by atoms with Crippen molar-refractivity contribution in [2.24, 2.45) is 5.73 Å². The number of nitrogen functional groups attached to an aromatic ring is 1. The quantitative estimate of drug-likeness (QED) is 0.365. The minimum absolute atomic E-state index is 0.0148. The maximum Gasteiger partial charge on any atom is 0.318 e. The number of hydrogen-bond donors (Lipinski definition) is 2. The zero-order valence-corrected chi connectivity index (χ0v) is 22.8. The Labute approximate surface area is 228 Å². The van der Waals surface area contributed by atoms with Crippen LogP contribution < -0.4 is 21.1 Å². The SMILES string of the molecule is CN1CCCC1.COc1nc(N2CC(N)CC(F)C2)c2cc(Cl)c(-c3cccc4sc(N)nc34)c(F)c2n1. The number of nitrogens with two attached hydrogens (primary N) is 2. The Morgan fingerprint density at radius 1 is 1.13 bits per heavy atom. The van der Waals surface area contributed by atoms with Crippen LogP contribution in [-0.4, -0.2) is 72.4 Å². The molecule has 4 aromatic rings. The van der Waals surface area contributed by atoms with Gasteiger partial charge in [0.1, 0.15) is 17.5 Å². The van der Waals surface area contributed by atoms with Gasteiger partial charge in [-0.05, 0) is 51.5 Å². The molecule has 2 unspecified atom stereocenters. The number of piperidine rings is 1. The second-order valence-corrected chi connectivity index (χ2v) is 11.2. The number of likely N-dealkylation sites (tertiary alicyclic amines) is 1. The topological polar surface area (TPSA) is 106 Å². The zero-order valence-electron chi connectivity index (χ0n) is 21.3. The number of hydrogen-bond acceptors (Lipinski definition) is 9. The molecule has 8 nitrogen and oxygen atoms in total. The molecule has 2 aromatic carbocycles. The minimum Gasteiger partial charge on any atom is -0.467 e. The highest BCUT2D eigenvalue weighted by Gasteiger charge is 2.29. The fourth-order valence-electron chi connectivity index (χ4n) is 5.03. The van der Waals surface area contributed by atoms with Gasteiger partial charge in [-0.3, -0.25) is 0 Å². The third-order valence-corrected chi connectivity index (χ3v) is 7.94. The molecule has 2 aliphatic heterocycles. The summed E-state index contributed by atoms with van der Waals surface area (Å²) in [5, 5.41) is 0.878. The lowest BCUT2D eigenvalue weighted by molar-refractivity contribution is 0.268. The molecule has 0 saturated carbocycles. The van der Waals surface area contributed by atoms with Crippen molar-refractivity contribution >= 4 is 55.0 Å². The molecule has 202 valence electrons. The number of thiazole rings is 1. The molecule has 6 rings (SSSR count). The molecule has 2 fully saturated rings. The number of para-hydroxylation sites is 1. The molecule has 0 bridgehead atoms. The van der Waals surface area contributed by atoms with E-state index in [0.29, 0.717) is 34.0 Å². The van der Waals surface area contributed by atoms with Crippen molar-refractivity contribution in [2.75, 3.05) is 51.0 Å². The summed E-state index contributed by atoms with van der Waals surface area (Å²) in [6, 6.07) is 6.56. The van der Waals surface area contributed by atoms with E-state index in [1.807, 2.05) is 6.07 Å². The number of aromatic nitrogens is 3. The van der Waals surface area contributed by atoms with E-state index in [1.54, 1.807) is 23.1 Å². The molecule has 0 aliphatic carbocycles. The van der Waals surface area contributed by atoms with Gasteiger partial charge in [0.05, 0.1) is 28.9 Å². The van der Waals surface area contributed by atoms with E-state index < -0.39 is 12.0 Å². The molecule has 12 heteroatoms. The Bertz CT molecular complexity index is 1450. The Morgan fingerprint density at radius 3 is 2.55 bits per heavy atom. The standard InChI is InChI=1S/C21H19ClF2N6OS.C5H11N/c1-31-21-28-18-12(19(29-21)30-7-9(23)5-10(25)8-30)6-13(22)15(16(18)24)11-3-2-4-14-17(11)27-20(26)32-14;1-6-4-2-3-5-6/h2-4,6,9-10H,5,7-8,25H2,1H3,(H2,26,27);2-5H2,1H3. The molecule has 4 heterocycles. The summed E-state index contributed by atoms with van der Waals surface area (Å²) in [6.45, 7) is 3.09. The summed E-state index contributed by atoms with van der Waals surface area (Å²) in [4.78, 5) is 17.0. The van der Waals surface area contributed by atoms with Gasteiger partial charge < -0.3 is 26.0 Å². The number of alkyl halides is 1. The average molecular weight is 562 g/mol. The van der Waals surface area contributed by atoms with Crippen molar-refractivity contribution in [1.82, 2.24) is 19.9 Å². The Hall–Kier alpha value is -2.86. The lowest BCUT2D eigenvalue weighted by atomic mass is 10.0. The van der Waals surface area contributed by atoms with E-state index in [4.69, 9.17) is 27.8 Å². The Kier molecular flexibility index (Phi) is 7.80. The molecular formula is C26H30ClF2N7OS. The first kappa shape index (κ1) is 26.7. The molecule has 2 saturated heterocycles. The van der Waals surface area contributed by atoms with E-state index in [-0.39, 0.29) is 41.1 Å². The molecule has 2 aromatic heterocycles. The molecular weight excluding hydrogens is 532 g/mol. The number of ether oxygens (including phenoxy) is 1. The average Bonchev–Trinajstić information content (AvgIpc) is 3.51. The van der Waals surface area contributed by atoms with Crippen LogP contribution in [0.15, 0.2) is 24.3 Å². The van der Waals surface area contributed by atoms with Crippen LogP contribution in [0.1, 0.15) is 19.3 Å². The van der Waals surface area contributed by atoms with Crippen LogP contribution >= 0.6 is 22.9 Å². The predicted octanol–water partition coefficient (Wildman–Crippen LogP) is 4.88. The van der Waals surface area contributed by atoms with Crippen LogP contribution in [0.3, 0.4) is 0 Å². The van der Waals surface area contributed by atoms with E-state index in [1.165, 1.54) is 44.4 Å². The fraction of sp³-hybridized carbons (Fsp3) is 0.423. The highest BCUT2D eigenvalue weighted by Crippen LogP contribution is 2.42. The number of rotatable bonds is 3. The van der Waals surface area contributed by atoms with E-state index in [0.717, 1.165) is 4.70 Å². The molecule has 2 aliphatic rings. The molecule has 4 N–H and O–H groups in total. The van der Waals surface area contributed by atoms with Gasteiger partial charge in [-0.2, -0.15) is 9.97 Å². The molecule has 0 spiro atoms. The van der Waals surface area contributed by atoms with Crippen molar-refractivity contribution in [1.29, 1.82) is 0 Å². The van der Waals surface area contributed by atoms with Gasteiger partial charge in [-0.15, -0.1) is 0 Å². The third-order valence-electron chi connectivity index (χ3n) is 6.79. The molecule has 0 radical (unpaired) electrons. The monoisotopic (exact) mass is 561 g/mol. The minimum atomic E-state index is -1.12. The maximum absolute atomic E-state index is 16.0. The van der Waals surface area contributed by atoms with Crippen LogP contribution in [0.4, 0.5) is 19.7 Å². The van der Waals surface area contributed by atoms with Gasteiger partial charge in [0.2, 0.25) is 0 Å². The number of methoxy groups -OCH3 is 1. The number of fused-ring (bicyclic) bond motifs is 2. The van der Waals surface area contributed by atoms with Crippen molar-refractivity contribution in [3.05, 3.63) is 35.1 Å². The maximum atomic E-state index is 16.0. The highest BCUT2D eigenvalue weighted by molar-refractivity contribution is 7.22. The van der Waals surface area contributed by atoms with Crippen LogP contribution in [0.2, 0.25) is 5.02 Å². The second kappa shape index (κ2) is 11.1. The Morgan fingerprint density at radius 2 is 1.89 bits per heavy atom. The van der Waals surface area contributed by atoms with Gasteiger partial charge in [-0.25, -0.2) is 13.8 Å². The van der Waals surface area contributed by atoms with Gasteiger partial charge in [-0.1, -0.05) is 35.1 Å². The highest BCUT2D eigenvalue weighted by atomic mass is 35.5. The van der Waals surface area contributed by atoms with Crippen LogP contribution in [0.25, 0.3) is 32.2 Å². The van der Waals surface area contributed by atoms with Gasteiger partial charge in [0.15, 0.2) is 10.9 Å². The molecule has 38 heavy (non-hydrogen) atoms. The van der Waals surface area contributed by atoms with Crippen molar-refractivity contribution in [3.8, 4) is 17.1 Å². The summed E-state index contributed by atoms with van der Waals surface area (Å²) >= 11 is 7.90. The summed E-state index contributed by atoms with van der Waals surface area (Å²) in [6.07, 6.45) is 1.96. The largest absolute Gasteiger partial charge is 0.467 e. The smallest absolute Gasteiger partial charge is 0.318 e. The van der Waals surface area contributed by atoms with Crippen molar-refractivity contribution in [3.63, 3.8) is 0 Å². The third kappa shape index (κ3) is 5.33. The lowest BCUT2D eigenvalue weighted by Gasteiger charge is -2.34. The zero-order chi connectivity index (χ0) is 27.0. The van der Waals surface area contributed by atoms with Gasteiger partial charge in [0, 0.05) is 29.1 Å². The first-order chi connectivity index (χ1) is 18.2. The van der Waals surface area contributed by atoms with E-state index >= 15 is 4.39 Å². The van der Waals surface area contributed by atoms with Crippen molar-refractivity contribution < 1.29 is 13.5 Å². The number of benzene rings is 2. The number of halogens is 3. The number of anilines is 2. The van der Waals surface area contributed by atoms with Crippen molar-refractivity contribution in [2.45, 2.75) is 31.5 Å². The first-order valence-corrected chi connectivity index (χ1v) is 13.7. The van der Waals surface area contributed by atoms with Crippen LogP contribution in [0.5, 0.6) is 6.01 Å². The normalized spacial score (nSPS) is 20.1. The summed E-state index contributed by atoms with van der Waals surface area (Å²) in [7, 11) is 3.56. The van der Waals surface area contributed by atoms with E-state index in [9.17, 15) is 4.39 Å². The predicted molar refractivity (Wildman–Crippen MR) is 151 cm³/mol. The first-order valence-electron chi connectivity index (χ1n) is 12.5. The Balaban J connectivity index is 0.000000433.